The highest BCUT2D eigenvalue weighted by Gasteiger charge is 2.47. The van der Waals surface area contributed by atoms with Crippen LogP contribution >= 0.6 is 22.7 Å². The van der Waals surface area contributed by atoms with E-state index in [1.165, 1.54) is 34.3 Å². The van der Waals surface area contributed by atoms with Gasteiger partial charge in [0.25, 0.3) is 5.91 Å². The molecule has 8 rings (SSSR count). The molecule has 2 aliphatic rings. The van der Waals surface area contributed by atoms with Crippen LogP contribution in [0, 0.1) is 11.6 Å². The van der Waals surface area contributed by atoms with Crippen molar-refractivity contribution in [1.82, 2.24) is 40.3 Å². The average molecular weight is 998 g/mol. The number of thiazole rings is 2. The second-order valence-electron chi connectivity index (χ2n) is 18.8. The van der Waals surface area contributed by atoms with Gasteiger partial charge in [-0.2, -0.15) is 0 Å². The first-order valence-electron chi connectivity index (χ1n) is 22.5. The molecule has 0 aromatic carbocycles. The van der Waals surface area contributed by atoms with Gasteiger partial charge in [-0.15, -0.1) is 43.1 Å². The van der Waals surface area contributed by atoms with E-state index in [9.17, 15) is 28.0 Å². The fraction of sp³-hybridized carbons (Fsp3) is 0.417. The van der Waals surface area contributed by atoms with E-state index in [-0.39, 0.29) is 31.3 Å². The Labute approximate surface area is 411 Å². The molecule has 0 atom stereocenters. The number of pyridine rings is 2. The fourth-order valence-corrected chi connectivity index (χ4v) is 9.29. The predicted octanol–water partition coefficient (Wildman–Crippen LogP) is 9.27. The summed E-state index contributed by atoms with van der Waals surface area (Å²) in [6.07, 6.45) is 9.24. The summed E-state index contributed by atoms with van der Waals surface area (Å²) in [4.78, 5) is 70.2. The van der Waals surface area contributed by atoms with Crippen LogP contribution in [-0.2, 0) is 25.0 Å². The van der Waals surface area contributed by atoms with Crippen molar-refractivity contribution in [3.8, 4) is 21.4 Å². The number of hydrogen-bond donors (Lipinski definition) is 1. The summed E-state index contributed by atoms with van der Waals surface area (Å²) >= 11 is 2.24. The van der Waals surface area contributed by atoms with E-state index < -0.39 is 57.7 Å². The van der Waals surface area contributed by atoms with E-state index >= 15 is 0 Å². The lowest BCUT2D eigenvalue weighted by Gasteiger charge is -2.44. The SMILES string of the molecule is CC(C)(C)OC(=O)N(CC1(c2ncccc2F)CCC1)c1ccc(-c2ncc(C(N)=O)s2)nn1.CCOC(=O)c1cnc(-c2ccc(N(CC3(c4ncccc4F)CCC3)C(=O)OC(C)(C)C)nn2)s1. The molecule has 2 fully saturated rings. The second kappa shape index (κ2) is 21.0. The molecule has 2 aliphatic carbocycles. The van der Waals surface area contributed by atoms with Gasteiger partial charge in [0.05, 0.1) is 30.4 Å². The van der Waals surface area contributed by atoms with E-state index in [0.717, 1.165) is 35.5 Å². The van der Waals surface area contributed by atoms with Crippen molar-refractivity contribution in [3.05, 3.63) is 106 Å². The molecular weight excluding hydrogens is 945 g/mol. The average Bonchev–Trinajstić information content (AvgIpc) is 3.99. The lowest BCUT2D eigenvalue weighted by molar-refractivity contribution is 0.0527. The van der Waals surface area contributed by atoms with Crippen LogP contribution in [0.1, 0.15) is 118 Å². The lowest BCUT2D eigenvalue weighted by Crippen LogP contribution is -2.50. The zero-order valence-electron chi connectivity index (χ0n) is 39.8. The first-order chi connectivity index (χ1) is 33.2. The second-order valence-corrected chi connectivity index (χ2v) is 20.8. The minimum absolute atomic E-state index is 0.146. The number of amides is 3. The van der Waals surface area contributed by atoms with Gasteiger partial charge in [-0.25, -0.2) is 33.1 Å². The topological polar surface area (TPSA) is 232 Å². The molecule has 2 N–H and O–H groups in total. The number of esters is 1. The Morgan fingerprint density at radius 1 is 0.643 bits per heavy atom. The predicted molar refractivity (Wildman–Crippen MR) is 257 cm³/mol. The number of nitrogens with two attached hydrogens (primary N) is 1. The molecular formula is C48H53F2N11O7S2. The number of carbonyl (C=O) groups excluding carboxylic acids is 4. The molecule has 0 radical (unpaired) electrons. The van der Waals surface area contributed by atoms with Crippen LogP contribution in [0.4, 0.5) is 30.0 Å². The number of halogens is 2. The number of rotatable bonds is 13. The Balaban J connectivity index is 0.000000207. The minimum Gasteiger partial charge on any atom is -0.462 e. The van der Waals surface area contributed by atoms with Crippen molar-refractivity contribution >= 4 is 58.4 Å². The van der Waals surface area contributed by atoms with Gasteiger partial charge < -0.3 is 19.9 Å². The maximum absolute atomic E-state index is 14.7. The molecule has 0 unspecified atom stereocenters. The summed E-state index contributed by atoms with van der Waals surface area (Å²) in [7, 11) is 0. The number of primary amides is 1. The van der Waals surface area contributed by atoms with Gasteiger partial charge in [0.1, 0.15) is 54.0 Å². The van der Waals surface area contributed by atoms with Crippen LogP contribution in [0.15, 0.2) is 73.3 Å². The molecule has 2 saturated carbocycles. The number of aromatic nitrogens is 8. The van der Waals surface area contributed by atoms with Crippen molar-refractivity contribution in [2.45, 2.75) is 109 Å². The van der Waals surface area contributed by atoms with Crippen molar-refractivity contribution in [2.24, 2.45) is 5.73 Å². The van der Waals surface area contributed by atoms with Crippen molar-refractivity contribution in [2.75, 3.05) is 29.5 Å². The van der Waals surface area contributed by atoms with E-state index in [1.54, 1.807) is 97.3 Å². The van der Waals surface area contributed by atoms with Crippen LogP contribution in [0.2, 0.25) is 0 Å². The van der Waals surface area contributed by atoms with Crippen molar-refractivity contribution in [1.29, 1.82) is 0 Å². The molecule has 6 aromatic rings. The normalized spacial score (nSPS) is 14.7. The van der Waals surface area contributed by atoms with Crippen LogP contribution in [-0.4, -0.2) is 95.3 Å². The third kappa shape index (κ3) is 11.9. The zero-order chi connectivity index (χ0) is 50.4. The molecule has 22 heteroatoms. The number of anilines is 2. The van der Waals surface area contributed by atoms with Crippen LogP contribution < -0.4 is 15.5 Å². The molecule has 70 heavy (non-hydrogen) atoms. The number of hydrogen-bond acceptors (Lipinski definition) is 17. The molecule has 0 bridgehead atoms. The Morgan fingerprint density at radius 2 is 1.07 bits per heavy atom. The maximum atomic E-state index is 14.7. The first kappa shape index (κ1) is 50.9. The van der Waals surface area contributed by atoms with Gasteiger partial charge in [-0.3, -0.25) is 24.6 Å². The van der Waals surface area contributed by atoms with Gasteiger partial charge >= 0.3 is 18.2 Å². The van der Waals surface area contributed by atoms with Crippen LogP contribution in [0.5, 0.6) is 0 Å². The van der Waals surface area contributed by atoms with Crippen molar-refractivity contribution < 1.29 is 42.2 Å². The number of ether oxygens (including phenoxy) is 3. The molecule has 0 saturated heterocycles. The van der Waals surface area contributed by atoms with Gasteiger partial charge in [0.2, 0.25) is 0 Å². The van der Waals surface area contributed by atoms with Gasteiger partial charge in [-0.05, 0) is 123 Å². The lowest BCUT2D eigenvalue weighted by atomic mass is 9.66. The smallest absolute Gasteiger partial charge is 0.416 e. The summed E-state index contributed by atoms with van der Waals surface area (Å²) in [5, 5.41) is 17.9. The largest absolute Gasteiger partial charge is 0.462 e. The third-order valence-electron chi connectivity index (χ3n) is 11.3. The van der Waals surface area contributed by atoms with E-state index in [1.807, 2.05) is 0 Å². The number of nitrogens with zero attached hydrogens (tertiary/aromatic N) is 10. The fourth-order valence-electron chi connectivity index (χ4n) is 7.78. The van der Waals surface area contributed by atoms with E-state index in [2.05, 4.69) is 40.3 Å². The van der Waals surface area contributed by atoms with Crippen molar-refractivity contribution in [3.63, 3.8) is 0 Å². The van der Waals surface area contributed by atoms with E-state index in [4.69, 9.17) is 19.9 Å². The summed E-state index contributed by atoms with van der Waals surface area (Å²) in [6.45, 7) is 12.9. The summed E-state index contributed by atoms with van der Waals surface area (Å²) in [5.74, 6) is -1.30. The Hall–Kier alpha value is -6.94. The third-order valence-corrected chi connectivity index (χ3v) is 13.3. The number of carbonyl (C=O) groups is 4. The van der Waals surface area contributed by atoms with Crippen LogP contribution in [0.25, 0.3) is 21.4 Å². The Kier molecular flexibility index (Phi) is 15.3. The monoisotopic (exact) mass is 997 g/mol. The highest BCUT2D eigenvalue weighted by molar-refractivity contribution is 7.17. The molecule has 6 heterocycles. The molecule has 0 spiro atoms. The van der Waals surface area contributed by atoms with Crippen LogP contribution in [0.3, 0.4) is 0 Å². The molecule has 3 amide bonds. The maximum Gasteiger partial charge on any atom is 0.416 e. The summed E-state index contributed by atoms with van der Waals surface area (Å²) < 4.78 is 45.7. The van der Waals surface area contributed by atoms with Gasteiger partial charge in [0, 0.05) is 36.3 Å². The Morgan fingerprint density at radius 3 is 1.40 bits per heavy atom. The molecule has 0 aliphatic heterocycles. The molecule has 368 valence electrons. The summed E-state index contributed by atoms with van der Waals surface area (Å²) in [6, 6.07) is 12.4. The standard InChI is InChI=1S/C25H28FN5O4S.C23H25FN6O3S/c1-5-34-22(32)18-14-28-21(36-18)17-9-10-19(30-29-17)31(23(33)35-24(2,3)4)15-25(11-7-12-25)20-16(26)8-6-13-27-20;1-22(2,3)33-21(32)30(13-23(9-5-10-23)18-14(24)6-4-11-26-18)17-8-7-15(28-29-17)20-27-12-16(34-20)19(25)31/h6,8-10,13-14H,5,7,11-12,15H2,1-4H3;4,6-8,11-12H,5,9-10,13H2,1-3H3,(H2,25,31). The molecule has 18 nitrogen and oxygen atoms in total. The quantitative estimate of drug-likeness (QED) is 0.0839. The minimum atomic E-state index is -0.740. The van der Waals surface area contributed by atoms with Gasteiger partial charge in [0.15, 0.2) is 11.6 Å². The highest BCUT2D eigenvalue weighted by atomic mass is 32.1. The Bertz CT molecular complexity index is 2820. The zero-order valence-corrected chi connectivity index (χ0v) is 41.4. The van der Waals surface area contributed by atoms with Gasteiger partial charge in [-0.1, -0.05) is 12.8 Å². The van der Waals surface area contributed by atoms with E-state index in [0.29, 0.717) is 68.2 Å². The molecule has 6 aromatic heterocycles. The summed E-state index contributed by atoms with van der Waals surface area (Å²) in [5.41, 5.74) is 4.07. The highest BCUT2D eigenvalue weighted by Crippen LogP contribution is 2.46. The first-order valence-corrected chi connectivity index (χ1v) is 24.1.